The standard InChI is InChI=1S/C43H61N3O2S2.C42H62O3S3.C2H3N3/c1-30-34(39(2,3)4)22-32(23-35(30)40(5,6)7)49-43(13,14)50-33-24-36(41(8,9)10)38(48-29-47-26-31-18-16-15-17-19-31)37(25-33)42(11,12)20-21-46-28-44-27-45-46;1-29-33(38(2,3)4)22-31(23-34(29)39(5,6)7)47-42(13,14)48-32-24-35(40(8,9)10)37(36(25-32)41(11,12)20-21-43-28-46)45-27-44-26-30-18-16-15-17-19-30;1-3-2-5-4-1/h15-19,22-25,27-28H,20-21,26,29H2,1-14H3;15-19,22-25,46H,20-21,26-28H2,1-14H3;1-2H,(H,3,4,5). The Balaban J connectivity index is 0.000000302. The molecule has 0 aliphatic carbocycles. The molecule has 11 nitrogen and oxygen atoms in total. The van der Waals surface area contributed by atoms with Crippen LogP contribution in [0.4, 0.5) is 0 Å². The zero-order valence-corrected chi connectivity index (χ0v) is 72.1. The Labute approximate surface area is 645 Å². The lowest BCUT2D eigenvalue weighted by atomic mass is 9.77. The molecule has 0 saturated carbocycles. The first-order chi connectivity index (χ1) is 47.6. The van der Waals surface area contributed by atoms with Gasteiger partial charge in [-0.15, -0.1) is 47.0 Å². The Bertz CT molecular complexity index is 3830. The maximum absolute atomic E-state index is 6.65. The van der Waals surface area contributed by atoms with E-state index < -0.39 is 0 Å². The average molecular weight is 1500 g/mol. The van der Waals surface area contributed by atoms with Gasteiger partial charge >= 0.3 is 0 Å². The van der Waals surface area contributed by atoms with Gasteiger partial charge in [-0.1, -0.05) is 213 Å². The van der Waals surface area contributed by atoms with E-state index >= 15 is 0 Å². The maximum atomic E-state index is 6.65. The second kappa shape index (κ2) is 36.2. The van der Waals surface area contributed by atoms with Gasteiger partial charge in [0.1, 0.15) is 36.8 Å². The molecule has 2 aromatic heterocycles. The Morgan fingerprint density at radius 3 is 1.04 bits per heavy atom. The van der Waals surface area contributed by atoms with Crippen LogP contribution >= 0.6 is 59.7 Å². The number of aromatic amines is 1. The normalized spacial score (nSPS) is 12.9. The van der Waals surface area contributed by atoms with Gasteiger partial charge < -0.3 is 23.7 Å². The SMILES string of the molecule is Cc1c(C(C)(C)C)cc(SC(C)(C)Sc2cc(C(C)(C)C)c(OCOCc3ccccc3)c(C(C)(C)CCOCS)c2)cc1C(C)(C)C.Cc1c(C(C)(C)C)cc(SC(C)(C)Sc2cc(C(C)(C)C)c(OCOCc3ccccc3)c(C(C)(C)CCn3cncn3)c2)cc1C(C)(C)C.c1nc[nH]n1. The van der Waals surface area contributed by atoms with Crippen LogP contribution in [0.15, 0.2) is 154 Å². The number of nitrogens with one attached hydrogen (secondary N) is 1. The number of rotatable bonds is 27. The monoisotopic (exact) mass is 1490 g/mol. The summed E-state index contributed by atoms with van der Waals surface area (Å²) in [5, 5.41) is 10.4. The van der Waals surface area contributed by atoms with Crippen LogP contribution in [0.3, 0.4) is 0 Å². The molecule has 0 unspecified atom stereocenters. The van der Waals surface area contributed by atoms with Crippen LogP contribution in [-0.2, 0) is 77.3 Å². The molecular formula is C87H126N6O5S5. The number of thioether (sulfide) groups is 4. The van der Waals surface area contributed by atoms with E-state index in [1.165, 1.54) is 87.9 Å². The quantitative estimate of drug-likeness (QED) is 0.0220. The summed E-state index contributed by atoms with van der Waals surface area (Å²) in [6.07, 6.45) is 8.07. The molecule has 8 aromatic rings. The number of hydrogen-bond acceptors (Lipinski definition) is 14. The number of H-pyrrole nitrogens is 1. The highest BCUT2D eigenvalue weighted by atomic mass is 32.2. The van der Waals surface area contributed by atoms with Gasteiger partial charge in [-0.2, -0.15) is 22.8 Å². The predicted molar refractivity (Wildman–Crippen MR) is 444 cm³/mol. The molecule has 1 N–H and O–H groups in total. The lowest BCUT2D eigenvalue weighted by molar-refractivity contribution is 0.00277. The maximum Gasteiger partial charge on any atom is 0.189 e. The number of nitrogens with zero attached hydrogens (tertiary/aromatic N) is 5. The van der Waals surface area contributed by atoms with E-state index in [4.69, 9.17) is 23.7 Å². The molecular weight excluding hydrogens is 1370 g/mol. The Morgan fingerprint density at radius 1 is 0.408 bits per heavy atom. The number of thiol groups is 1. The molecule has 2 heterocycles. The molecule has 0 radical (unpaired) electrons. The van der Waals surface area contributed by atoms with Gasteiger partial charge in [-0.3, -0.25) is 9.78 Å². The summed E-state index contributed by atoms with van der Waals surface area (Å²) in [7, 11) is 0. The smallest absolute Gasteiger partial charge is 0.189 e. The van der Waals surface area contributed by atoms with Gasteiger partial charge in [-0.25, -0.2) is 9.97 Å². The van der Waals surface area contributed by atoms with E-state index in [2.05, 4.69) is 305 Å². The molecule has 6 aromatic carbocycles. The van der Waals surface area contributed by atoms with Crippen molar-refractivity contribution in [3.8, 4) is 11.5 Å². The average Bonchev–Trinajstić information content (AvgIpc) is 0.967. The van der Waals surface area contributed by atoms with Gasteiger partial charge in [0.25, 0.3) is 0 Å². The number of benzene rings is 6. The Hall–Kier alpha value is -5.17. The van der Waals surface area contributed by atoms with Crippen molar-refractivity contribution in [2.45, 2.75) is 298 Å². The highest BCUT2D eigenvalue weighted by Crippen LogP contribution is 2.53. The molecule has 103 heavy (non-hydrogen) atoms. The molecule has 8 rings (SSSR count). The van der Waals surface area contributed by atoms with Gasteiger partial charge in [0.15, 0.2) is 13.6 Å². The topological polar surface area (TPSA) is 118 Å². The third-order valence-corrected chi connectivity index (χ3v) is 23.2. The molecule has 0 spiro atoms. The zero-order valence-electron chi connectivity index (χ0n) is 67.9. The third kappa shape index (κ3) is 26.6. The number of hydrogen-bond donors (Lipinski definition) is 2. The van der Waals surface area contributed by atoms with Crippen LogP contribution in [0.1, 0.15) is 260 Å². The molecule has 0 saturated heterocycles. The lowest BCUT2D eigenvalue weighted by Crippen LogP contribution is -2.25. The summed E-state index contributed by atoms with van der Waals surface area (Å²) in [4.78, 5) is 12.9. The fraction of sp³-hybridized carbons (Fsp3) is 0.540. The molecule has 0 amide bonds. The second-order valence-corrected chi connectivity index (χ2v) is 43.1. The highest BCUT2D eigenvalue weighted by molar-refractivity contribution is 8.18. The van der Waals surface area contributed by atoms with Crippen molar-refractivity contribution < 1.29 is 23.7 Å². The summed E-state index contributed by atoms with van der Waals surface area (Å²) >= 11 is 12.1. The number of aromatic nitrogens is 6. The van der Waals surface area contributed by atoms with E-state index in [1.54, 1.807) is 12.7 Å². The molecule has 564 valence electrons. The van der Waals surface area contributed by atoms with Crippen molar-refractivity contribution >= 4 is 59.7 Å². The zero-order chi connectivity index (χ0) is 76.8. The fourth-order valence-corrected chi connectivity index (χ4v) is 18.1. The molecule has 16 heteroatoms. The summed E-state index contributed by atoms with van der Waals surface area (Å²) in [6, 6.07) is 39.6. The minimum atomic E-state index is -0.214. The van der Waals surface area contributed by atoms with Crippen molar-refractivity contribution in [1.82, 2.24) is 29.9 Å². The van der Waals surface area contributed by atoms with Crippen molar-refractivity contribution in [3.05, 3.63) is 201 Å². The Kier molecular flexibility index (Phi) is 30.4. The van der Waals surface area contributed by atoms with Crippen molar-refractivity contribution in [2.24, 2.45) is 0 Å². The van der Waals surface area contributed by atoms with E-state index in [-0.39, 0.29) is 65.1 Å². The largest absolute Gasteiger partial charge is 0.467 e. The highest BCUT2D eigenvalue weighted by Gasteiger charge is 2.36. The van der Waals surface area contributed by atoms with E-state index in [9.17, 15) is 0 Å². The van der Waals surface area contributed by atoms with Crippen LogP contribution in [-0.4, -0.2) is 64.2 Å². The van der Waals surface area contributed by atoms with Crippen molar-refractivity contribution in [2.75, 3.05) is 26.1 Å². The molecule has 0 fully saturated rings. The Morgan fingerprint density at radius 2 is 0.748 bits per heavy atom. The number of ether oxygens (including phenoxy) is 5. The van der Waals surface area contributed by atoms with E-state index in [1.807, 2.05) is 88.1 Å². The van der Waals surface area contributed by atoms with Crippen LogP contribution in [0.25, 0.3) is 0 Å². The van der Waals surface area contributed by atoms with Crippen LogP contribution in [0.5, 0.6) is 11.5 Å². The lowest BCUT2D eigenvalue weighted by Gasteiger charge is -2.34. The van der Waals surface area contributed by atoms with Crippen LogP contribution in [0, 0.1) is 13.8 Å². The van der Waals surface area contributed by atoms with Gasteiger partial charge in [0.2, 0.25) is 0 Å². The fourth-order valence-electron chi connectivity index (χ4n) is 12.8. The summed E-state index contributed by atoms with van der Waals surface area (Å²) in [5.41, 5.74) is 15.1. The molecule has 0 aliphatic heterocycles. The minimum absolute atomic E-state index is 0.0624. The van der Waals surface area contributed by atoms with E-state index in [0.717, 1.165) is 42.0 Å². The first kappa shape index (κ1) is 86.7. The second-order valence-electron chi connectivity index (χ2n) is 35.5. The molecule has 0 bridgehead atoms. The minimum Gasteiger partial charge on any atom is -0.467 e. The van der Waals surface area contributed by atoms with Crippen LogP contribution < -0.4 is 9.47 Å². The van der Waals surface area contributed by atoms with Gasteiger partial charge in [0.05, 0.1) is 27.3 Å². The summed E-state index contributed by atoms with van der Waals surface area (Å²) in [6.45, 7) is 67.5. The third-order valence-electron chi connectivity index (χ3n) is 18.2. The first-order valence-corrected chi connectivity index (χ1v) is 40.3. The van der Waals surface area contributed by atoms with Crippen molar-refractivity contribution in [3.63, 3.8) is 0 Å². The number of aryl methyl sites for hydroxylation is 1. The van der Waals surface area contributed by atoms with E-state index in [0.29, 0.717) is 25.8 Å². The molecule has 0 aliphatic rings. The predicted octanol–water partition coefficient (Wildman–Crippen LogP) is 24.5. The summed E-state index contributed by atoms with van der Waals surface area (Å²) in [5.74, 6) is 2.25. The van der Waals surface area contributed by atoms with Crippen molar-refractivity contribution in [1.29, 1.82) is 0 Å². The van der Waals surface area contributed by atoms with Gasteiger partial charge in [0, 0.05) is 55.0 Å². The van der Waals surface area contributed by atoms with Gasteiger partial charge in [-0.05, 0) is 191 Å². The first-order valence-electron chi connectivity index (χ1n) is 36.4. The van der Waals surface area contributed by atoms with Crippen LogP contribution in [0.2, 0.25) is 0 Å². The summed E-state index contributed by atoms with van der Waals surface area (Å²) < 4.78 is 32.7. The molecule has 0 atom stereocenters.